The van der Waals surface area contributed by atoms with Gasteiger partial charge in [-0.15, -0.1) is 0 Å². The molecule has 0 saturated heterocycles. The molecule has 0 fully saturated rings. The number of aryl methyl sites for hydroxylation is 1. The van der Waals surface area contributed by atoms with Crippen LogP contribution in [-0.2, 0) is 11.8 Å². The van der Waals surface area contributed by atoms with Crippen LogP contribution in [-0.4, -0.2) is 0 Å². The lowest BCUT2D eigenvalue weighted by Gasteiger charge is -2.25. The summed E-state index contributed by atoms with van der Waals surface area (Å²) < 4.78 is 46.4. The summed E-state index contributed by atoms with van der Waals surface area (Å²) in [7, 11) is 0. The van der Waals surface area contributed by atoms with Crippen LogP contribution in [0.25, 0.3) is 0 Å². The highest BCUT2D eigenvalue weighted by atomic mass is 19.2. The third kappa shape index (κ3) is 4.94. The van der Waals surface area contributed by atoms with Crippen LogP contribution in [0.2, 0.25) is 0 Å². The van der Waals surface area contributed by atoms with E-state index in [9.17, 15) is 13.2 Å². The van der Waals surface area contributed by atoms with Crippen molar-refractivity contribution in [2.45, 2.75) is 38.5 Å². The Morgan fingerprint density at radius 1 is 0.786 bits per heavy atom. The van der Waals surface area contributed by atoms with Crippen LogP contribution in [0.1, 0.15) is 37.8 Å². The van der Waals surface area contributed by atoms with Crippen LogP contribution in [0.15, 0.2) is 66.7 Å². The Balaban J connectivity index is 1.64. The predicted molar refractivity (Wildman–Crippen MR) is 105 cm³/mol. The first-order valence-corrected chi connectivity index (χ1v) is 9.32. The second-order valence-corrected chi connectivity index (χ2v) is 7.55. The molecule has 0 bridgehead atoms. The molecule has 0 N–H and O–H groups in total. The SMILES string of the molecule is CC(C)(CCCc1ccc(F)c(Oc2ccccc2)c1)c1ccc(F)c(F)c1. The summed E-state index contributed by atoms with van der Waals surface area (Å²) in [5, 5.41) is 0. The van der Waals surface area contributed by atoms with E-state index >= 15 is 0 Å². The molecular formula is C24H23F3O. The van der Waals surface area contributed by atoms with Gasteiger partial charge in [0.1, 0.15) is 5.75 Å². The second-order valence-electron chi connectivity index (χ2n) is 7.55. The molecule has 0 unspecified atom stereocenters. The molecule has 0 saturated carbocycles. The first-order chi connectivity index (χ1) is 13.3. The normalized spacial score (nSPS) is 11.5. The first-order valence-electron chi connectivity index (χ1n) is 9.32. The molecule has 3 aromatic rings. The standard InChI is InChI=1S/C24H23F3O/c1-24(2,18-11-13-20(25)22(27)16-18)14-6-7-17-10-12-21(26)23(15-17)28-19-8-4-3-5-9-19/h3-5,8-13,15-16H,6-7,14H2,1-2H3. The van der Waals surface area contributed by atoms with E-state index in [4.69, 9.17) is 4.74 Å². The minimum atomic E-state index is -0.836. The third-order valence-electron chi connectivity index (χ3n) is 4.93. The van der Waals surface area contributed by atoms with Gasteiger partial charge in [0.25, 0.3) is 0 Å². The van der Waals surface area contributed by atoms with E-state index < -0.39 is 17.5 Å². The van der Waals surface area contributed by atoms with E-state index in [2.05, 4.69) is 0 Å². The van der Waals surface area contributed by atoms with Crippen molar-refractivity contribution in [3.05, 3.63) is 95.3 Å². The van der Waals surface area contributed by atoms with Crippen molar-refractivity contribution in [1.29, 1.82) is 0 Å². The van der Waals surface area contributed by atoms with E-state index in [1.807, 2.05) is 32.0 Å². The minimum absolute atomic E-state index is 0.198. The molecule has 0 spiro atoms. The molecule has 3 aromatic carbocycles. The van der Waals surface area contributed by atoms with Gasteiger partial charge in [0.15, 0.2) is 23.2 Å². The Morgan fingerprint density at radius 3 is 2.21 bits per heavy atom. The average molecular weight is 384 g/mol. The van der Waals surface area contributed by atoms with E-state index in [0.717, 1.165) is 30.4 Å². The molecular weight excluding hydrogens is 361 g/mol. The van der Waals surface area contributed by atoms with Crippen LogP contribution >= 0.6 is 0 Å². The molecule has 4 heteroatoms. The van der Waals surface area contributed by atoms with Gasteiger partial charge in [-0.3, -0.25) is 0 Å². The number of ether oxygens (including phenoxy) is 1. The van der Waals surface area contributed by atoms with Gasteiger partial charge in [0.2, 0.25) is 0 Å². The van der Waals surface area contributed by atoms with Crippen LogP contribution in [0.5, 0.6) is 11.5 Å². The lowest BCUT2D eigenvalue weighted by atomic mass is 9.80. The number of benzene rings is 3. The molecule has 0 aliphatic carbocycles. The molecule has 0 heterocycles. The van der Waals surface area contributed by atoms with E-state index in [-0.39, 0.29) is 11.2 Å². The van der Waals surface area contributed by atoms with Crippen LogP contribution < -0.4 is 4.74 Å². The second kappa shape index (κ2) is 8.51. The Labute approximate surface area is 163 Å². The summed E-state index contributed by atoms with van der Waals surface area (Å²) in [4.78, 5) is 0. The summed E-state index contributed by atoms with van der Waals surface area (Å²) >= 11 is 0. The fraction of sp³-hybridized carbons (Fsp3) is 0.250. The van der Waals surface area contributed by atoms with E-state index in [1.54, 1.807) is 30.3 Å². The van der Waals surface area contributed by atoms with Crippen molar-refractivity contribution in [3.8, 4) is 11.5 Å². The summed E-state index contributed by atoms with van der Waals surface area (Å²) in [5.41, 5.74) is 1.44. The Bertz CT molecular complexity index is 936. The zero-order valence-corrected chi connectivity index (χ0v) is 16.0. The minimum Gasteiger partial charge on any atom is -0.454 e. The number of para-hydroxylation sites is 1. The Morgan fingerprint density at radius 2 is 1.50 bits per heavy atom. The van der Waals surface area contributed by atoms with E-state index in [0.29, 0.717) is 5.75 Å². The zero-order chi connectivity index (χ0) is 20.1. The largest absolute Gasteiger partial charge is 0.454 e. The number of hydrogen-bond donors (Lipinski definition) is 0. The Hall–Kier alpha value is -2.75. The highest BCUT2D eigenvalue weighted by Gasteiger charge is 2.21. The lowest BCUT2D eigenvalue weighted by molar-refractivity contribution is 0.438. The monoisotopic (exact) mass is 384 g/mol. The molecule has 0 atom stereocenters. The van der Waals surface area contributed by atoms with Gasteiger partial charge in [-0.25, -0.2) is 13.2 Å². The van der Waals surface area contributed by atoms with Crippen molar-refractivity contribution in [2.24, 2.45) is 0 Å². The van der Waals surface area contributed by atoms with Crippen molar-refractivity contribution >= 4 is 0 Å². The molecule has 3 rings (SSSR count). The lowest BCUT2D eigenvalue weighted by Crippen LogP contribution is -2.17. The average Bonchev–Trinajstić information content (AvgIpc) is 2.67. The topological polar surface area (TPSA) is 9.23 Å². The predicted octanol–water partition coefficient (Wildman–Crippen LogP) is 7.20. The zero-order valence-electron chi connectivity index (χ0n) is 16.0. The number of hydrogen-bond acceptors (Lipinski definition) is 1. The van der Waals surface area contributed by atoms with Gasteiger partial charge < -0.3 is 4.74 Å². The molecule has 0 radical (unpaired) electrons. The Kier molecular flexibility index (Phi) is 6.08. The molecule has 0 amide bonds. The van der Waals surface area contributed by atoms with Gasteiger partial charge in [-0.2, -0.15) is 0 Å². The van der Waals surface area contributed by atoms with Gasteiger partial charge >= 0.3 is 0 Å². The van der Waals surface area contributed by atoms with Crippen molar-refractivity contribution < 1.29 is 17.9 Å². The number of halogens is 3. The van der Waals surface area contributed by atoms with Gasteiger partial charge in [0.05, 0.1) is 0 Å². The highest BCUT2D eigenvalue weighted by Crippen LogP contribution is 2.31. The summed E-state index contributed by atoms with van der Waals surface area (Å²) in [6.45, 7) is 4.02. The van der Waals surface area contributed by atoms with E-state index in [1.165, 1.54) is 18.2 Å². The smallest absolute Gasteiger partial charge is 0.165 e. The molecule has 28 heavy (non-hydrogen) atoms. The highest BCUT2D eigenvalue weighted by molar-refractivity contribution is 5.35. The molecule has 1 nitrogen and oxygen atoms in total. The summed E-state index contributed by atoms with van der Waals surface area (Å²) in [6, 6.07) is 18.0. The maximum absolute atomic E-state index is 14.1. The van der Waals surface area contributed by atoms with Crippen molar-refractivity contribution in [1.82, 2.24) is 0 Å². The maximum Gasteiger partial charge on any atom is 0.165 e. The number of rotatable bonds is 7. The van der Waals surface area contributed by atoms with Gasteiger partial charge in [-0.1, -0.05) is 44.2 Å². The fourth-order valence-corrected chi connectivity index (χ4v) is 3.19. The van der Waals surface area contributed by atoms with Crippen LogP contribution in [0.4, 0.5) is 13.2 Å². The molecule has 0 aliphatic rings. The fourth-order valence-electron chi connectivity index (χ4n) is 3.19. The van der Waals surface area contributed by atoms with Crippen molar-refractivity contribution in [2.75, 3.05) is 0 Å². The van der Waals surface area contributed by atoms with Crippen molar-refractivity contribution in [3.63, 3.8) is 0 Å². The van der Waals surface area contributed by atoms with Gasteiger partial charge in [-0.05, 0) is 72.2 Å². The summed E-state index contributed by atoms with van der Waals surface area (Å²) in [6.07, 6.45) is 2.34. The molecule has 0 aliphatic heterocycles. The van der Waals surface area contributed by atoms with Crippen LogP contribution in [0.3, 0.4) is 0 Å². The third-order valence-corrected chi connectivity index (χ3v) is 4.93. The molecule has 146 valence electrons. The first kappa shape index (κ1) is 20.0. The molecule has 0 aromatic heterocycles. The van der Waals surface area contributed by atoms with Gasteiger partial charge in [0, 0.05) is 0 Å². The quantitative estimate of drug-likeness (QED) is 0.419. The summed E-state index contributed by atoms with van der Waals surface area (Å²) in [5.74, 6) is -1.29. The van der Waals surface area contributed by atoms with Crippen LogP contribution in [0, 0.1) is 17.5 Å². The maximum atomic E-state index is 14.1.